The second kappa shape index (κ2) is 3.70. The van der Waals surface area contributed by atoms with E-state index in [0.29, 0.717) is 5.92 Å². The molecule has 1 unspecified atom stereocenters. The molecule has 3 nitrogen and oxygen atoms in total. The SMILES string of the molecule is NCC(CC1CC1)CS(=O)(=O)F. The van der Waals surface area contributed by atoms with Gasteiger partial charge in [-0.2, -0.15) is 8.42 Å². The number of halogens is 1. The highest BCUT2D eigenvalue weighted by molar-refractivity contribution is 7.86. The maximum Gasteiger partial charge on any atom is 0.302 e. The van der Waals surface area contributed by atoms with Gasteiger partial charge in [0.05, 0.1) is 5.75 Å². The topological polar surface area (TPSA) is 60.2 Å². The largest absolute Gasteiger partial charge is 0.330 e. The smallest absolute Gasteiger partial charge is 0.302 e. The third-order valence-electron chi connectivity index (χ3n) is 2.13. The van der Waals surface area contributed by atoms with Gasteiger partial charge in [0.25, 0.3) is 0 Å². The van der Waals surface area contributed by atoms with E-state index in [1.54, 1.807) is 0 Å². The van der Waals surface area contributed by atoms with Crippen LogP contribution in [0.5, 0.6) is 0 Å². The van der Waals surface area contributed by atoms with Crippen LogP contribution in [0.1, 0.15) is 19.3 Å². The third-order valence-corrected chi connectivity index (χ3v) is 3.00. The Morgan fingerprint density at radius 3 is 2.42 bits per heavy atom. The van der Waals surface area contributed by atoms with E-state index in [4.69, 9.17) is 5.73 Å². The molecule has 0 heterocycles. The summed E-state index contributed by atoms with van der Waals surface area (Å²) in [6.45, 7) is 0.264. The molecule has 0 bridgehead atoms. The molecule has 0 aromatic heterocycles. The van der Waals surface area contributed by atoms with Crippen LogP contribution in [0.15, 0.2) is 0 Å². The summed E-state index contributed by atoms with van der Waals surface area (Å²) >= 11 is 0. The average Bonchev–Trinajstić information content (AvgIpc) is 2.67. The van der Waals surface area contributed by atoms with Gasteiger partial charge in [-0.15, -0.1) is 3.89 Å². The van der Waals surface area contributed by atoms with Gasteiger partial charge in [-0.1, -0.05) is 12.8 Å². The normalized spacial score (nSPS) is 20.8. The summed E-state index contributed by atoms with van der Waals surface area (Å²) in [6, 6.07) is 0. The Bertz CT molecular complexity index is 236. The van der Waals surface area contributed by atoms with Crippen LogP contribution in [0, 0.1) is 11.8 Å². The van der Waals surface area contributed by atoms with E-state index in [-0.39, 0.29) is 12.5 Å². The molecule has 1 rings (SSSR count). The van der Waals surface area contributed by atoms with Crippen molar-refractivity contribution < 1.29 is 12.3 Å². The number of hydrogen-bond donors (Lipinski definition) is 1. The second-order valence-electron chi connectivity index (χ2n) is 3.49. The Morgan fingerprint density at radius 1 is 1.50 bits per heavy atom. The van der Waals surface area contributed by atoms with Gasteiger partial charge in [-0.05, 0) is 24.8 Å². The van der Waals surface area contributed by atoms with E-state index < -0.39 is 16.0 Å². The van der Waals surface area contributed by atoms with Gasteiger partial charge in [-0.25, -0.2) is 0 Å². The quantitative estimate of drug-likeness (QED) is 0.655. The molecule has 1 aliphatic rings. The fraction of sp³-hybridized carbons (Fsp3) is 1.00. The highest BCUT2D eigenvalue weighted by Gasteiger charge is 2.27. The average molecular weight is 195 g/mol. The van der Waals surface area contributed by atoms with E-state index >= 15 is 0 Å². The van der Waals surface area contributed by atoms with Gasteiger partial charge < -0.3 is 5.73 Å². The second-order valence-corrected chi connectivity index (χ2v) is 4.90. The fourth-order valence-corrected chi connectivity index (χ4v) is 2.17. The first-order valence-corrected chi connectivity index (χ1v) is 5.69. The Labute approximate surface area is 72.3 Å². The summed E-state index contributed by atoms with van der Waals surface area (Å²) in [5.74, 6) is 0.00722. The Morgan fingerprint density at radius 2 is 2.08 bits per heavy atom. The zero-order valence-electron chi connectivity index (χ0n) is 6.87. The molecule has 0 aromatic carbocycles. The van der Waals surface area contributed by atoms with Crippen molar-refractivity contribution in [3.63, 3.8) is 0 Å². The molecule has 0 radical (unpaired) electrons. The summed E-state index contributed by atoms with van der Waals surface area (Å²) in [4.78, 5) is 0. The standard InChI is InChI=1S/C7H14FNO2S/c8-12(10,11)5-7(4-9)3-6-1-2-6/h6-7H,1-5,9H2. The van der Waals surface area contributed by atoms with Gasteiger partial charge in [0.2, 0.25) is 0 Å². The highest BCUT2D eigenvalue weighted by atomic mass is 32.3. The van der Waals surface area contributed by atoms with Crippen molar-refractivity contribution in [2.24, 2.45) is 17.6 Å². The predicted octanol–water partition coefficient (Wildman–Crippen LogP) is 0.661. The molecule has 5 heteroatoms. The van der Waals surface area contributed by atoms with Gasteiger partial charge in [0.15, 0.2) is 0 Å². The minimum atomic E-state index is -4.33. The summed E-state index contributed by atoms with van der Waals surface area (Å²) in [5, 5.41) is 0. The summed E-state index contributed by atoms with van der Waals surface area (Å²) in [5.41, 5.74) is 5.32. The molecule has 1 fully saturated rings. The zero-order chi connectivity index (χ0) is 9.19. The van der Waals surface area contributed by atoms with Crippen molar-refractivity contribution in [3.8, 4) is 0 Å². The van der Waals surface area contributed by atoms with Crippen LogP contribution in [-0.2, 0) is 10.2 Å². The van der Waals surface area contributed by atoms with Crippen LogP contribution in [0.3, 0.4) is 0 Å². The molecule has 72 valence electrons. The highest BCUT2D eigenvalue weighted by Crippen LogP contribution is 2.35. The van der Waals surface area contributed by atoms with Crippen LogP contribution in [0.4, 0.5) is 3.89 Å². The monoisotopic (exact) mass is 195 g/mol. The van der Waals surface area contributed by atoms with Gasteiger partial charge in [0.1, 0.15) is 0 Å². The first-order valence-electron chi connectivity index (χ1n) is 4.13. The minimum absolute atomic E-state index is 0.188. The Balaban J connectivity index is 2.33. The molecule has 12 heavy (non-hydrogen) atoms. The Hall–Kier alpha value is -0.160. The Kier molecular flexibility index (Phi) is 3.06. The molecular formula is C7H14FNO2S. The van der Waals surface area contributed by atoms with Crippen molar-refractivity contribution in [3.05, 3.63) is 0 Å². The molecule has 2 N–H and O–H groups in total. The van der Waals surface area contributed by atoms with E-state index in [9.17, 15) is 12.3 Å². The van der Waals surface area contributed by atoms with Gasteiger partial charge in [0, 0.05) is 0 Å². The maximum atomic E-state index is 12.2. The molecule has 0 aliphatic heterocycles. The van der Waals surface area contributed by atoms with Crippen molar-refractivity contribution in [2.45, 2.75) is 19.3 Å². The number of hydrogen-bond acceptors (Lipinski definition) is 3. The van der Waals surface area contributed by atoms with Crippen molar-refractivity contribution in [1.82, 2.24) is 0 Å². The third kappa shape index (κ3) is 4.01. The van der Waals surface area contributed by atoms with E-state index in [1.807, 2.05) is 0 Å². The lowest BCUT2D eigenvalue weighted by Gasteiger charge is -2.10. The summed E-state index contributed by atoms with van der Waals surface area (Å²) in [6.07, 6.45) is 3.05. The summed E-state index contributed by atoms with van der Waals surface area (Å²) < 4.78 is 32.8. The molecule has 1 saturated carbocycles. The lowest BCUT2D eigenvalue weighted by atomic mass is 10.1. The fourth-order valence-electron chi connectivity index (χ4n) is 1.34. The number of rotatable bonds is 5. The van der Waals surface area contributed by atoms with Gasteiger partial charge in [-0.3, -0.25) is 0 Å². The molecule has 0 saturated heterocycles. The maximum absolute atomic E-state index is 12.2. The first kappa shape index (κ1) is 9.92. The molecule has 1 aliphatic carbocycles. The minimum Gasteiger partial charge on any atom is -0.330 e. The van der Waals surface area contributed by atoms with Crippen molar-refractivity contribution in [2.75, 3.05) is 12.3 Å². The number of nitrogens with two attached hydrogens (primary N) is 1. The zero-order valence-corrected chi connectivity index (χ0v) is 7.69. The van der Waals surface area contributed by atoms with Crippen LogP contribution >= 0.6 is 0 Å². The van der Waals surface area contributed by atoms with Crippen molar-refractivity contribution >= 4 is 10.2 Å². The van der Waals surface area contributed by atoms with Crippen LogP contribution in [0.2, 0.25) is 0 Å². The molecule has 1 atom stereocenters. The van der Waals surface area contributed by atoms with E-state index in [2.05, 4.69) is 0 Å². The summed E-state index contributed by atoms with van der Waals surface area (Å²) in [7, 11) is -4.33. The lowest BCUT2D eigenvalue weighted by molar-refractivity contribution is 0.481. The molecule has 0 amide bonds. The van der Waals surface area contributed by atoms with Crippen LogP contribution < -0.4 is 5.73 Å². The van der Waals surface area contributed by atoms with Crippen LogP contribution in [-0.4, -0.2) is 20.7 Å². The predicted molar refractivity (Wildman–Crippen MR) is 44.8 cm³/mol. The molecule has 0 spiro atoms. The van der Waals surface area contributed by atoms with Crippen molar-refractivity contribution in [1.29, 1.82) is 0 Å². The van der Waals surface area contributed by atoms with E-state index in [1.165, 1.54) is 0 Å². The van der Waals surface area contributed by atoms with E-state index in [0.717, 1.165) is 19.3 Å². The lowest BCUT2D eigenvalue weighted by Crippen LogP contribution is -2.22. The van der Waals surface area contributed by atoms with Gasteiger partial charge >= 0.3 is 10.2 Å². The first-order chi connectivity index (χ1) is 5.51. The molecular weight excluding hydrogens is 181 g/mol. The molecule has 0 aromatic rings. The van der Waals surface area contributed by atoms with Crippen LogP contribution in [0.25, 0.3) is 0 Å².